The number of imidazole rings is 1. The second kappa shape index (κ2) is 9.42. The molecule has 4 aromatic heterocycles. The lowest BCUT2D eigenvalue weighted by atomic mass is 10.2. The third-order valence-corrected chi connectivity index (χ3v) is 5.36. The Balaban J connectivity index is 1.39. The Morgan fingerprint density at radius 3 is 2.75 bits per heavy atom. The third-order valence-electron chi connectivity index (χ3n) is 5.36. The predicted molar refractivity (Wildman–Crippen MR) is 121 cm³/mol. The molecule has 0 bridgehead atoms. The van der Waals surface area contributed by atoms with Gasteiger partial charge in [0, 0.05) is 61.4 Å². The summed E-state index contributed by atoms with van der Waals surface area (Å²) < 4.78 is 3.40. The van der Waals surface area contributed by atoms with Crippen LogP contribution in [0.1, 0.15) is 22.6 Å². The Kier molecular flexibility index (Phi) is 6.25. The summed E-state index contributed by atoms with van der Waals surface area (Å²) in [7, 11) is 0. The highest BCUT2D eigenvalue weighted by Crippen LogP contribution is 2.11. The number of amides is 1. The number of hydrogen-bond donors (Lipinski definition) is 2. The first-order valence-corrected chi connectivity index (χ1v) is 10.4. The molecule has 0 aliphatic rings. The van der Waals surface area contributed by atoms with Gasteiger partial charge in [0.2, 0.25) is 5.91 Å². The van der Waals surface area contributed by atoms with E-state index < -0.39 is 0 Å². The van der Waals surface area contributed by atoms with Crippen LogP contribution in [0.25, 0.3) is 5.65 Å². The van der Waals surface area contributed by atoms with Gasteiger partial charge in [-0.1, -0.05) is 12.1 Å². The minimum absolute atomic E-state index is 0.0749. The molecule has 0 aliphatic carbocycles. The fourth-order valence-corrected chi connectivity index (χ4v) is 3.50. The van der Waals surface area contributed by atoms with Crippen molar-refractivity contribution >= 4 is 17.4 Å². The number of aryl methyl sites for hydroxylation is 2. The van der Waals surface area contributed by atoms with Gasteiger partial charge in [0.05, 0.1) is 0 Å². The molecule has 0 atom stereocenters. The van der Waals surface area contributed by atoms with E-state index in [1.807, 2.05) is 47.9 Å². The number of nitrogens with zero attached hydrogens (tertiary/aromatic N) is 5. The van der Waals surface area contributed by atoms with E-state index in [2.05, 4.69) is 25.6 Å². The second-order valence-corrected chi connectivity index (χ2v) is 7.51. The molecule has 4 aromatic rings. The molecule has 4 heterocycles. The third kappa shape index (κ3) is 4.66. The highest BCUT2D eigenvalue weighted by molar-refractivity contribution is 5.76. The first-order valence-electron chi connectivity index (χ1n) is 10.4. The number of aromatic nitrogens is 5. The van der Waals surface area contributed by atoms with Crippen molar-refractivity contribution in [3.63, 3.8) is 0 Å². The first-order chi connectivity index (χ1) is 15.5. The van der Waals surface area contributed by atoms with Crippen LogP contribution in [0.5, 0.6) is 0 Å². The molecule has 0 saturated carbocycles. The van der Waals surface area contributed by atoms with Crippen molar-refractivity contribution in [1.82, 2.24) is 29.2 Å². The number of anilines is 1. The van der Waals surface area contributed by atoms with Crippen molar-refractivity contribution in [2.45, 2.75) is 33.4 Å². The van der Waals surface area contributed by atoms with Crippen LogP contribution >= 0.6 is 0 Å². The Labute approximate surface area is 185 Å². The zero-order valence-electron chi connectivity index (χ0n) is 18.1. The van der Waals surface area contributed by atoms with Gasteiger partial charge in [-0.05, 0) is 37.6 Å². The molecule has 1 amide bonds. The molecule has 0 spiro atoms. The predicted octanol–water partition coefficient (Wildman–Crippen LogP) is 1.87. The van der Waals surface area contributed by atoms with Gasteiger partial charge < -0.3 is 15.0 Å². The number of rotatable bonds is 8. The van der Waals surface area contributed by atoms with E-state index in [0.717, 1.165) is 22.6 Å². The lowest BCUT2D eigenvalue weighted by Crippen LogP contribution is -2.34. The quantitative estimate of drug-likeness (QED) is 0.441. The molecule has 9 nitrogen and oxygen atoms in total. The molecule has 0 aliphatic heterocycles. The Morgan fingerprint density at radius 1 is 1.06 bits per heavy atom. The van der Waals surface area contributed by atoms with Crippen LogP contribution in [0, 0.1) is 13.8 Å². The summed E-state index contributed by atoms with van der Waals surface area (Å²) in [5.74, 6) is -0.0216. The van der Waals surface area contributed by atoms with E-state index in [1.54, 1.807) is 25.5 Å². The second-order valence-electron chi connectivity index (χ2n) is 7.51. The highest BCUT2D eigenvalue weighted by Gasteiger charge is 2.12. The van der Waals surface area contributed by atoms with Gasteiger partial charge in [0.1, 0.15) is 12.2 Å². The zero-order chi connectivity index (χ0) is 22.5. The van der Waals surface area contributed by atoms with Crippen LogP contribution in [0.4, 0.5) is 5.82 Å². The Hall–Kier alpha value is -4.01. The van der Waals surface area contributed by atoms with Gasteiger partial charge in [-0.2, -0.15) is 0 Å². The molecule has 4 rings (SSSR count). The van der Waals surface area contributed by atoms with Gasteiger partial charge in [0.25, 0.3) is 5.56 Å². The standard InChI is InChI=1S/C23H25N7O2/c1-16-13-28-22(26-10-8-19-5-3-4-9-24-19)23(32)30(16)15-21(31)27-14-18-6-7-20-25-11-12-29(20)17(18)2/h3-7,9,11-13H,8,10,14-15H2,1-2H3,(H,26,28)(H,27,31). The van der Waals surface area contributed by atoms with E-state index in [0.29, 0.717) is 25.2 Å². The van der Waals surface area contributed by atoms with Crippen molar-refractivity contribution in [2.75, 3.05) is 11.9 Å². The molecule has 2 N–H and O–H groups in total. The van der Waals surface area contributed by atoms with Gasteiger partial charge in [-0.15, -0.1) is 0 Å². The maximum atomic E-state index is 12.8. The molecule has 0 radical (unpaired) electrons. The monoisotopic (exact) mass is 431 g/mol. The minimum atomic E-state index is -0.322. The van der Waals surface area contributed by atoms with Gasteiger partial charge in [-0.3, -0.25) is 19.1 Å². The van der Waals surface area contributed by atoms with Crippen molar-refractivity contribution in [3.05, 3.63) is 88.1 Å². The molecule has 0 aromatic carbocycles. The van der Waals surface area contributed by atoms with E-state index in [4.69, 9.17) is 0 Å². The van der Waals surface area contributed by atoms with Gasteiger partial charge >= 0.3 is 0 Å². The fourth-order valence-electron chi connectivity index (χ4n) is 3.50. The summed E-state index contributed by atoms with van der Waals surface area (Å²) in [6, 6.07) is 9.58. The van der Waals surface area contributed by atoms with Crippen LogP contribution in [-0.4, -0.2) is 36.4 Å². The molecule has 164 valence electrons. The summed E-state index contributed by atoms with van der Waals surface area (Å²) in [6.07, 6.45) is 7.62. The minimum Gasteiger partial charge on any atom is -0.365 e. The molecule has 32 heavy (non-hydrogen) atoms. The number of fused-ring (bicyclic) bond motifs is 1. The van der Waals surface area contributed by atoms with Crippen LogP contribution in [-0.2, 0) is 24.3 Å². The summed E-state index contributed by atoms with van der Waals surface area (Å²) in [5.41, 5.74) is 4.08. The van der Waals surface area contributed by atoms with E-state index in [1.165, 1.54) is 4.57 Å². The fraction of sp³-hybridized carbons (Fsp3) is 0.261. The lowest BCUT2D eigenvalue weighted by Gasteiger charge is -2.13. The van der Waals surface area contributed by atoms with Crippen LogP contribution in [0.3, 0.4) is 0 Å². The van der Waals surface area contributed by atoms with Gasteiger partial charge in [-0.25, -0.2) is 9.97 Å². The van der Waals surface area contributed by atoms with E-state index in [-0.39, 0.29) is 23.8 Å². The summed E-state index contributed by atoms with van der Waals surface area (Å²) >= 11 is 0. The number of carbonyl (C=O) groups is 1. The molecular formula is C23H25N7O2. The topological polar surface area (TPSA) is 106 Å². The summed E-state index contributed by atoms with van der Waals surface area (Å²) in [4.78, 5) is 38.2. The molecular weight excluding hydrogens is 406 g/mol. The van der Waals surface area contributed by atoms with Crippen molar-refractivity contribution in [3.8, 4) is 0 Å². The first kappa shape index (κ1) is 21.2. The average Bonchev–Trinajstić information content (AvgIpc) is 3.28. The molecule has 0 fully saturated rings. The largest absolute Gasteiger partial charge is 0.365 e. The van der Waals surface area contributed by atoms with Crippen LogP contribution in [0.2, 0.25) is 0 Å². The van der Waals surface area contributed by atoms with Crippen LogP contribution < -0.4 is 16.2 Å². The number of carbonyl (C=O) groups excluding carboxylic acids is 1. The SMILES string of the molecule is Cc1cnc(NCCc2ccccn2)c(=O)n1CC(=O)NCc1ccc2nccn2c1C. The van der Waals surface area contributed by atoms with Crippen molar-refractivity contribution in [1.29, 1.82) is 0 Å². The lowest BCUT2D eigenvalue weighted by molar-refractivity contribution is -0.121. The average molecular weight is 432 g/mol. The van der Waals surface area contributed by atoms with Gasteiger partial charge in [0.15, 0.2) is 5.82 Å². The number of hydrogen-bond acceptors (Lipinski definition) is 6. The summed E-state index contributed by atoms with van der Waals surface area (Å²) in [6.45, 7) is 4.55. The Bertz CT molecular complexity index is 1290. The molecule has 0 unspecified atom stereocenters. The maximum Gasteiger partial charge on any atom is 0.293 e. The van der Waals surface area contributed by atoms with Crippen LogP contribution in [0.15, 0.2) is 59.9 Å². The van der Waals surface area contributed by atoms with E-state index in [9.17, 15) is 9.59 Å². The van der Waals surface area contributed by atoms with E-state index >= 15 is 0 Å². The number of nitrogens with one attached hydrogen (secondary N) is 2. The highest BCUT2D eigenvalue weighted by atomic mass is 16.2. The van der Waals surface area contributed by atoms with Crippen molar-refractivity contribution in [2.24, 2.45) is 0 Å². The number of pyridine rings is 2. The molecule has 0 saturated heterocycles. The maximum absolute atomic E-state index is 12.8. The normalized spacial score (nSPS) is 10.9. The zero-order valence-corrected chi connectivity index (χ0v) is 18.1. The smallest absolute Gasteiger partial charge is 0.293 e. The molecule has 9 heteroatoms. The summed E-state index contributed by atoms with van der Waals surface area (Å²) in [5, 5.41) is 5.96. The Morgan fingerprint density at radius 2 is 1.94 bits per heavy atom. The van der Waals surface area contributed by atoms with Crippen molar-refractivity contribution < 1.29 is 4.79 Å².